The molecule has 2 aromatic rings. The lowest BCUT2D eigenvalue weighted by molar-refractivity contribution is 0.318. The maximum absolute atomic E-state index is 5.67. The molecule has 2 rings (SSSR count). The summed E-state index contributed by atoms with van der Waals surface area (Å²) in [6.07, 6.45) is 2.89. The van der Waals surface area contributed by atoms with Crippen LogP contribution in [0.2, 0.25) is 0 Å². The highest BCUT2D eigenvalue weighted by Crippen LogP contribution is 2.18. The van der Waals surface area contributed by atoms with Gasteiger partial charge in [0.05, 0.1) is 18.7 Å². The molecule has 0 bridgehead atoms. The molecule has 1 heterocycles. The van der Waals surface area contributed by atoms with Crippen molar-refractivity contribution >= 4 is 11.8 Å². The fraction of sp³-hybridized carbons (Fsp3) is 0.312. The molecule has 4 heteroatoms. The van der Waals surface area contributed by atoms with E-state index in [1.807, 2.05) is 37.4 Å². The van der Waals surface area contributed by atoms with Crippen molar-refractivity contribution in [3.05, 3.63) is 48.2 Å². The Bertz CT molecular complexity index is 511. The number of ether oxygens (including phenoxy) is 2. The minimum atomic E-state index is 0.713. The number of thioether (sulfide) groups is 1. The standard InChI is InChI=1S/C16H19NO2S/c1-13-4-9-16(17-12-13)20-11-3-10-19-15-7-5-14(18-2)6-8-15/h4-9,12H,3,10-11H2,1-2H3. The summed E-state index contributed by atoms with van der Waals surface area (Å²) in [7, 11) is 1.66. The minimum Gasteiger partial charge on any atom is -0.497 e. The minimum absolute atomic E-state index is 0.713. The summed E-state index contributed by atoms with van der Waals surface area (Å²) in [5.41, 5.74) is 1.19. The molecule has 0 unspecified atom stereocenters. The van der Waals surface area contributed by atoms with Crippen LogP contribution < -0.4 is 9.47 Å². The number of nitrogens with zero attached hydrogens (tertiary/aromatic N) is 1. The van der Waals surface area contributed by atoms with E-state index >= 15 is 0 Å². The first-order chi connectivity index (χ1) is 9.78. The molecule has 0 radical (unpaired) electrons. The molecule has 0 amide bonds. The number of methoxy groups -OCH3 is 1. The van der Waals surface area contributed by atoms with Gasteiger partial charge in [0.25, 0.3) is 0 Å². The third kappa shape index (κ3) is 4.78. The number of aryl methyl sites for hydroxylation is 1. The summed E-state index contributed by atoms with van der Waals surface area (Å²) in [6, 6.07) is 11.8. The van der Waals surface area contributed by atoms with Gasteiger partial charge >= 0.3 is 0 Å². The molecular formula is C16H19NO2S. The van der Waals surface area contributed by atoms with E-state index in [1.165, 1.54) is 5.56 Å². The molecule has 1 aromatic heterocycles. The van der Waals surface area contributed by atoms with Crippen LogP contribution in [0.3, 0.4) is 0 Å². The zero-order valence-electron chi connectivity index (χ0n) is 11.8. The average molecular weight is 289 g/mol. The Hall–Kier alpha value is -1.68. The number of pyridine rings is 1. The summed E-state index contributed by atoms with van der Waals surface area (Å²) in [6.45, 7) is 2.76. The lowest BCUT2D eigenvalue weighted by atomic mass is 10.3. The largest absolute Gasteiger partial charge is 0.497 e. The third-order valence-corrected chi connectivity index (χ3v) is 3.78. The van der Waals surface area contributed by atoms with Crippen LogP contribution in [0.1, 0.15) is 12.0 Å². The van der Waals surface area contributed by atoms with Gasteiger partial charge < -0.3 is 9.47 Å². The summed E-state index contributed by atoms with van der Waals surface area (Å²) in [4.78, 5) is 4.36. The number of hydrogen-bond donors (Lipinski definition) is 0. The first-order valence-electron chi connectivity index (χ1n) is 6.60. The molecule has 106 valence electrons. The molecule has 0 aliphatic rings. The number of hydrogen-bond acceptors (Lipinski definition) is 4. The molecule has 20 heavy (non-hydrogen) atoms. The number of aromatic nitrogens is 1. The molecule has 0 saturated carbocycles. The average Bonchev–Trinajstić information content (AvgIpc) is 2.49. The van der Waals surface area contributed by atoms with Gasteiger partial charge in [0.15, 0.2) is 0 Å². The zero-order valence-corrected chi connectivity index (χ0v) is 12.7. The van der Waals surface area contributed by atoms with Crippen molar-refractivity contribution in [1.29, 1.82) is 0 Å². The normalized spacial score (nSPS) is 10.3. The number of rotatable bonds is 7. The topological polar surface area (TPSA) is 31.4 Å². The van der Waals surface area contributed by atoms with Crippen molar-refractivity contribution in [3.8, 4) is 11.5 Å². The third-order valence-electron chi connectivity index (χ3n) is 2.75. The summed E-state index contributed by atoms with van der Waals surface area (Å²) < 4.78 is 10.8. The van der Waals surface area contributed by atoms with Crippen LogP contribution in [0, 0.1) is 6.92 Å². The second kappa shape index (κ2) is 7.80. The van der Waals surface area contributed by atoms with E-state index in [0.29, 0.717) is 6.61 Å². The van der Waals surface area contributed by atoms with Gasteiger partial charge in [-0.05, 0) is 49.2 Å². The Morgan fingerprint density at radius 2 is 1.80 bits per heavy atom. The van der Waals surface area contributed by atoms with Crippen LogP contribution in [0.25, 0.3) is 0 Å². The van der Waals surface area contributed by atoms with Crippen molar-refractivity contribution in [2.45, 2.75) is 18.4 Å². The molecule has 0 fully saturated rings. The Morgan fingerprint density at radius 3 is 2.45 bits per heavy atom. The fourth-order valence-corrected chi connectivity index (χ4v) is 2.40. The first kappa shape index (κ1) is 14.7. The van der Waals surface area contributed by atoms with Crippen LogP contribution in [0.15, 0.2) is 47.6 Å². The van der Waals surface area contributed by atoms with Gasteiger partial charge in [0, 0.05) is 11.9 Å². The van der Waals surface area contributed by atoms with Crippen molar-refractivity contribution in [3.63, 3.8) is 0 Å². The van der Waals surface area contributed by atoms with Crippen LogP contribution in [0.5, 0.6) is 11.5 Å². The lowest BCUT2D eigenvalue weighted by Gasteiger charge is -2.06. The number of benzene rings is 1. The second-order valence-electron chi connectivity index (χ2n) is 4.40. The SMILES string of the molecule is COc1ccc(OCCCSc2ccc(C)cn2)cc1. The molecule has 0 atom stereocenters. The molecule has 0 N–H and O–H groups in total. The highest BCUT2D eigenvalue weighted by molar-refractivity contribution is 7.99. The van der Waals surface area contributed by atoms with E-state index < -0.39 is 0 Å². The van der Waals surface area contributed by atoms with Crippen molar-refractivity contribution in [2.75, 3.05) is 19.5 Å². The molecular weight excluding hydrogens is 270 g/mol. The fourth-order valence-electron chi connectivity index (χ4n) is 1.64. The van der Waals surface area contributed by atoms with Crippen molar-refractivity contribution in [2.24, 2.45) is 0 Å². The Morgan fingerprint density at radius 1 is 1.05 bits per heavy atom. The second-order valence-corrected chi connectivity index (χ2v) is 5.51. The van der Waals surface area contributed by atoms with Crippen LogP contribution in [-0.4, -0.2) is 24.5 Å². The van der Waals surface area contributed by atoms with Gasteiger partial charge in [-0.1, -0.05) is 6.07 Å². The molecule has 0 aliphatic carbocycles. The summed E-state index contributed by atoms with van der Waals surface area (Å²) in [5, 5.41) is 1.07. The van der Waals surface area contributed by atoms with Gasteiger partial charge in [0.1, 0.15) is 11.5 Å². The predicted molar refractivity (Wildman–Crippen MR) is 82.8 cm³/mol. The van der Waals surface area contributed by atoms with Crippen LogP contribution in [-0.2, 0) is 0 Å². The van der Waals surface area contributed by atoms with E-state index in [9.17, 15) is 0 Å². The zero-order chi connectivity index (χ0) is 14.2. The van der Waals surface area contributed by atoms with Gasteiger partial charge in [-0.15, -0.1) is 11.8 Å². The monoisotopic (exact) mass is 289 g/mol. The maximum atomic E-state index is 5.67. The van der Waals surface area contributed by atoms with Crippen molar-refractivity contribution < 1.29 is 9.47 Å². The highest BCUT2D eigenvalue weighted by Gasteiger charge is 1.97. The van der Waals surface area contributed by atoms with Crippen molar-refractivity contribution in [1.82, 2.24) is 4.98 Å². The molecule has 0 aliphatic heterocycles. The Kier molecular flexibility index (Phi) is 5.74. The molecule has 0 spiro atoms. The summed E-state index contributed by atoms with van der Waals surface area (Å²) >= 11 is 1.76. The smallest absolute Gasteiger partial charge is 0.119 e. The Labute approximate surface area is 124 Å². The van der Waals surface area contributed by atoms with Gasteiger partial charge in [-0.3, -0.25) is 0 Å². The van der Waals surface area contributed by atoms with E-state index in [2.05, 4.69) is 17.1 Å². The summed E-state index contributed by atoms with van der Waals surface area (Å²) in [5.74, 6) is 2.73. The maximum Gasteiger partial charge on any atom is 0.119 e. The van der Waals surface area contributed by atoms with E-state index in [4.69, 9.17) is 9.47 Å². The first-order valence-corrected chi connectivity index (χ1v) is 7.59. The molecule has 3 nitrogen and oxygen atoms in total. The van der Waals surface area contributed by atoms with Crippen LogP contribution in [0.4, 0.5) is 0 Å². The highest BCUT2D eigenvalue weighted by atomic mass is 32.2. The van der Waals surface area contributed by atoms with E-state index in [0.717, 1.165) is 28.7 Å². The van der Waals surface area contributed by atoms with Gasteiger partial charge in [-0.25, -0.2) is 4.98 Å². The predicted octanol–water partition coefficient (Wildman–Crippen LogP) is 3.96. The quantitative estimate of drug-likeness (QED) is 0.570. The van der Waals surface area contributed by atoms with E-state index in [-0.39, 0.29) is 0 Å². The molecule has 1 aromatic carbocycles. The Balaban J connectivity index is 1.64. The van der Waals surface area contributed by atoms with Crippen LogP contribution >= 0.6 is 11.8 Å². The molecule has 0 saturated heterocycles. The van der Waals surface area contributed by atoms with E-state index in [1.54, 1.807) is 18.9 Å². The van der Waals surface area contributed by atoms with Gasteiger partial charge in [-0.2, -0.15) is 0 Å². The van der Waals surface area contributed by atoms with Gasteiger partial charge in [0.2, 0.25) is 0 Å². The lowest BCUT2D eigenvalue weighted by Crippen LogP contribution is -1.98.